The Labute approximate surface area is 207 Å². The van der Waals surface area contributed by atoms with Gasteiger partial charge in [-0.25, -0.2) is 4.79 Å². The van der Waals surface area contributed by atoms with Crippen LogP contribution in [0.1, 0.15) is 42.1 Å². The highest BCUT2D eigenvalue weighted by molar-refractivity contribution is 5.73. The Bertz CT molecular complexity index is 1120. The molecule has 3 aromatic rings. The number of carboxylic acids is 1. The van der Waals surface area contributed by atoms with Crippen LogP contribution in [0.25, 0.3) is 6.08 Å². The standard InChI is InChI=1S/C29H33NO5/c1-4-22-14-15-24(30-20-22)17-18-34-25-16-13-21(2)19-23(25)9-5-6-12-28(29(31)32)35-27-11-8-7-10-26(27)33-3/h5,7-11,13-16,19-20,28H,4,6,12,17-18H2,1-3H3,(H,31,32)/b9-5+. The van der Waals surface area contributed by atoms with Gasteiger partial charge < -0.3 is 19.3 Å². The molecule has 0 amide bonds. The molecule has 184 valence electrons. The number of para-hydroxylation sites is 2. The number of ether oxygens (including phenoxy) is 3. The highest BCUT2D eigenvalue weighted by Gasteiger charge is 2.20. The monoisotopic (exact) mass is 475 g/mol. The van der Waals surface area contributed by atoms with Gasteiger partial charge in [0.25, 0.3) is 0 Å². The number of aromatic nitrogens is 1. The molecule has 0 aliphatic heterocycles. The van der Waals surface area contributed by atoms with Crippen LogP contribution < -0.4 is 14.2 Å². The Morgan fingerprint density at radius 1 is 1.09 bits per heavy atom. The van der Waals surface area contributed by atoms with E-state index in [0.717, 1.165) is 35.4 Å². The van der Waals surface area contributed by atoms with Gasteiger partial charge in [0.05, 0.1) is 13.7 Å². The molecule has 0 fully saturated rings. The zero-order chi connectivity index (χ0) is 25.0. The third-order valence-electron chi connectivity index (χ3n) is 5.58. The summed E-state index contributed by atoms with van der Waals surface area (Å²) in [7, 11) is 1.53. The van der Waals surface area contributed by atoms with Crippen molar-refractivity contribution in [1.82, 2.24) is 4.98 Å². The van der Waals surface area contributed by atoms with E-state index in [0.29, 0.717) is 30.9 Å². The number of rotatable bonds is 13. The molecule has 1 heterocycles. The maximum absolute atomic E-state index is 11.7. The summed E-state index contributed by atoms with van der Waals surface area (Å²) < 4.78 is 17.0. The molecular weight excluding hydrogens is 442 g/mol. The third kappa shape index (κ3) is 7.88. The van der Waals surface area contributed by atoms with Gasteiger partial charge in [0.15, 0.2) is 17.6 Å². The average molecular weight is 476 g/mol. The summed E-state index contributed by atoms with van der Waals surface area (Å²) in [4.78, 5) is 16.2. The fraction of sp³-hybridized carbons (Fsp3) is 0.310. The summed E-state index contributed by atoms with van der Waals surface area (Å²) in [6.45, 7) is 4.67. The normalized spacial score (nSPS) is 11.9. The van der Waals surface area contributed by atoms with Crippen molar-refractivity contribution < 1.29 is 24.1 Å². The van der Waals surface area contributed by atoms with E-state index in [2.05, 4.69) is 24.0 Å². The van der Waals surface area contributed by atoms with Crippen LogP contribution in [0.3, 0.4) is 0 Å². The van der Waals surface area contributed by atoms with Gasteiger partial charge in [-0.1, -0.05) is 48.9 Å². The van der Waals surface area contributed by atoms with Crippen molar-refractivity contribution >= 4 is 12.0 Å². The van der Waals surface area contributed by atoms with Crippen LogP contribution in [0.5, 0.6) is 17.2 Å². The van der Waals surface area contributed by atoms with E-state index in [1.54, 1.807) is 18.2 Å². The van der Waals surface area contributed by atoms with Crippen LogP contribution in [0.4, 0.5) is 0 Å². The first-order valence-electron chi connectivity index (χ1n) is 11.9. The molecule has 0 aliphatic rings. The lowest BCUT2D eigenvalue weighted by Gasteiger charge is -2.16. The van der Waals surface area contributed by atoms with Crippen molar-refractivity contribution in [2.45, 2.75) is 45.6 Å². The molecule has 35 heavy (non-hydrogen) atoms. The molecule has 0 aliphatic carbocycles. The number of allylic oxidation sites excluding steroid dienone is 1. The summed E-state index contributed by atoms with van der Waals surface area (Å²) in [6, 6.07) is 17.2. The lowest BCUT2D eigenvalue weighted by molar-refractivity contribution is -0.145. The molecule has 6 heteroatoms. The van der Waals surface area contributed by atoms with E-state index in [1.807, 2.05) is 49.5 Å². The average Bonchev–Trinajstić information content (AvgIpc) is 2.87. The van der Waals surface area contributed by atoms with Crippen molar-refractivity contribution in [2.24, 2.45) is 0 Å². The number of carboxylic acid groups (broad SMARTS) is 1. The third-order valence-corrected chi connectivity index (χ3v) is 5.58. The summed E-state index contributed by atoms with van der Waals surface area (Å²) in [6.07, 6.45) is 7.42. The lowest BCUT2D eigenvalue weighted by atomic mass is 10.1. The van der Waals surface area contributed by atoms with Gasteiger partial charge in [-0.3, -0.25) is 4.98 Å². The first kappa shape index (κ1) is 25.8. The molecule has 0 spiro atoms. The Morgan fingerprint density at radius 3 is 2.57 bits per heavy atom. The van der Waals surface area contributed by atoms with Gasteiger partial charge in [0.2, 0.25) is 0 Å². The molecule has 1 unspecified atom stereocenters. The maximum atomic E-state index is 11.7. The number of aryl methyl sites for hydroxylation is 2. The number of hydrogen-bond donors (Lipinski definition) is 1. The number of hydrogen-bond acceptors (Lipinski definition) is 5. The topological polar surface area (TPSA) is 77.9 Å². The van der Waals surface area contributed by atoms with Crippen LogP contribution in [-0.4, -0.2) is 35.9 Å². The minimum atomic E-state index is -1.01. The van der Waals surface area contributed by atoms with Crippen molar-refractivity contribution in [3.8, 4) is 17.2 Å². The van der Waals surface area contributed by atoms with E-state index in [4.69, 9.17) is 14.2 Å². The van der Waals surface area contributed by atoms with Gasteiger partial charge in [0, 0.05) is 23.9 Å². The van der Waals surface area contributed by atoms with Gasteiger partial charge in [-0.2, -0.15) is 0 Å². The van der Waals surface area contributed by atoms with Crippen LogP contribution in [0, 0.1) is 6.92 Å². The molecule has 6 nitrogen and oxygen atoms in total. The summed E-state index contributed by atoms with van der Waals surface area (Å²) >= 11 is 0. The Balaban J connectivity index is 1.58. The lowest BCUT2D eigenvalue weighted by Crippen LogP contribution is -2.26. The molecule has 1 N–H and O–H groups in total. The largest absolute Gasteiger partial charge is 0.493 e. The van der Waals surface area contributed by atoms with E-state index in [9.17, 15) is 9.90 Å². The van der Waals surface area contributed by atoms with E-state index < -0.39 is 12.1 Å². The van der Waals surface area contributed by atoms with Crippen molar-refractivity contribution in [1.29, 1.82) is 0 Å². The van der Waals surface area contributed by atoms with Crippen LogP contribution in [-0.2, 0) is 17.6 Å². The summed E-state index contributed by atoms with van der Waals surface area (Å²) in [5.41, 5.74) is 4.30. The fourth-order valence-electron chi connectivity index (χ4n) is 3.57. The quantitative estimate of drug-likeness (QED) is 0.331. The number of carbonyl (C=O) groups is 1. The predicted molar refractivity (Wildman–Crippen MR) is 137 cm³/mol. The highest BCUT2D eigenvalue weighted by Crippen LogP contribution is 2.28. The van der Waals surface area contributed by atoms with Crippen molar-refractivity contribution in [2.75, 3.05) is 13.7 Å². The van der Waals surface area contributed by atoms with Crippen LogP contribution >= 0.6 is 0 Å². The van der Waals surface area contributed by atoms with Gasteiger partial charge >= 0.3 is 5.97 Å². The Kier molecular flexibility index (Phi) is 9.72. The number of benzene rings is 2. The highest BCUT2D eigenvalue weighted by atomic mass is 16.5. The minimum Gasteiger partial charge on any atom is -0.493 e. The van der Waals surface area contributed by atoms with Gasteiger partial charge in [-0.15, -0.1) is 0 Å². The Hall–Kier alpha value is -3.80. The van der Waals surface area contributed by atoms with E-state index in [-0.39, 0.29) is 0 Å². The molecule has 3 rings (SSSR count). The number of methoxy groups -OCH3 is 1. The molecular formula is C29H33NO5. The molecule has 0 saturated carbocycles. The molecule has 2 aromatic carbocycles. The van der Waals surface area contributed by atoms with E-state index >= 15 is 0 Å². The first-order chi connectivity index (χ1) is 17.0. The van der Waals surface area contributed by atoms with Crippen LogP contribution in [0.2, 0.25) is 0 Å². The Morgan fingerprint density at radius 2 is 1.89 bits per heavy atom. The predicted octanol–water partition coefficient (Wildman–Crippen LogP) is 5.91. The van der Waals surface area contributed by atoms with Gasteiger partial charge in [0.1, 0.15) is 5.75 Å². The molecule has 1 aromatic heterocycles. The molecule has 0 saturated heterocycles. The SMILES string of the molecule is CCc1ccc(CCOc2ccc(C)cc2/C=C/CCC(Oc2ccccc2OC)C(=O)O)nc1. The smallest absolute Gasteiger partial charge is 0.344 e. The number of aliphatic carboxylic acids is 1. The van der Waals surface area contributed by atoms with Crippen molar-refractivity contribution in [3.63, 3.8) is 0 Å². The zero-order valence-electron chi connectivity index (χ0n) is 20.6. The fourth-order valence-corrected chi connectivity index (χ4v) is 3.57. The second kappa shape index (κ2) is 13.2. The molecule has 0 bridgehead atoms. The van der Waals surface area contributed by atoms with Crippen LogP contribution in [0.15, 0.2) is 66.9 Å². The van der Waals surface area contributed by atoms with Gasteiger partial charge in [-0.05, 0) is 62.1 Å². The molecule has 0 radical (unpaired) electrons. The second-order valence-electron chi connectivity index (χ2n) is 8.23. The summed E-state index contributed by atoms with van der Waals surface area (Å²) in [5.74, 6) is 0.702. The molecule has 1 atom stereocenters. The number of pyridine rings is 1. The first-order valence-corrected chi connectivity index (χ1v) is 11.9. The van der Waals surface area contributed by atoms with E-state index in [1.165, 1.54) is 12.7 Å². The zero-order valence-corrected chi connectivity index (χ0v) is 20.6. The number of nitrogens with zero attached hydrogens (tertiary/aromatic N) is 1. The summed E-state index contributed by atoms with van der Waals surface area (Å²) in [5, 5.41) is 9.60. The minimum absolute atomic E-state index is 0.325. The maximum Gasteiger partial charge on any atom is 0.344 e. The second-order valence-corrected chi connectivity index (χ2v) is 8.23. The van der Waals surface area contributed by atoms with Crippen molar-refractivity contribution in [3.05, 3.63) is 89.3 Å².